The monoisotopic (exact) mass is 842 g/mol. The summed E-state index contributed by atoms with van der Waals surface area (Å²) in [6, 6.07) is 21.5. The fourth-order valence-corrected chi connectivity index (χ4v) is 9.70. The van der Waals surface area contributed by atoms with E-state index in [4.69, 9.17) is 19.3 Å². The Morgan fingerprint density at radius 2 is 1.72 bits per heavy atom. The number of ether oxygens (including phenoxy) is 2. The average molecular weight is 843 g/mol. The first-order chi connectivity index (χ1) is 27.9. The molecule has 2 aromatic heterocycles. The molecule has 3 aromatic carbocycles. The molecule has 3 amide bonds. The first-order valence-corrected chi connectivity index (χ1v) is 22.1. The van der Waals surface area contributed by atoms with E-state index in [1.54, 1.807) is 52.6 Å². The Labute approximate surface area is 351 Å². The van der Waals surface area contributed by atoms with Crippen molar-refractivity contribution in [2.75, 3.05) is 43.0 Å². The molecule has 1 aliphatic heterocycles. The summed E-state index contributed by atoms with van der Waals surface area (Å²) in [6.45, 7) is 6.59. The van der Waals surface area contributed by atoms with Crippen LogP contribution in [0.3, 0.4) is 0 Å². The number of fused-ring (bicyclic) bond motifs is 4. The molecule has 0 radical (unpaired) electrons. The van der Waals surface area contributed by atoms with Crippen molar-refractivity contribution in [2.45, 2.75) is 56.7 Å². The van der Waals surface area contributed by atoms with E-state index >= 15 is 0 Å². The molecule has 0 fully saturated rings. The molecular weight excluding hydrogens is 793 g/mol. The van der Waals surface area contributed by atoms with Gasteiger partial charge in [-0.05, 0) is 99.3 Å². The van der Waals surface area contributed by atoms with Crippen LogP contribution in [0.4, 0.5) is 22.1 Å². The van der Waals surface area contributed by atoms with Crippen molar-refractivity contribution in [3.63, 3.8) is 0 Å². The van der Waals surface area contributed by atoms with Crippen LogP contribution < -0.4 is 30.7 Å². The predicted molar refractivity (Wildman–Crippen MR) is 242 cm³/mol. The zero-order valence-corrected chi connectivity index (χ0v) is 36.1. The van der Waals surface area contributed by atoms with Gasteiger partial charge in [0.15, 0.2) is 11.5 Å². The number of hydrogen-bond acceptors (Lipinski definition) is 11. The van der Waals surface area contributed by atoms with Gasteiger partial charge in [0, 0.05) is 65.1 Å². The number of aromatic nitrogens is 1. The van der Waals surface area contributed by atoms with Crippen LogP contribution in [0.1, 0.15) is 55.6 Å². The number of thiophene rings is 1. The lowest BCUT2D eigenvalue weighted by Gasteiger charge is -2.21. The summed E-state index contributed by atoms with van der Waals surface area (Å²) >= 11 is 1.50. The summed E-state index contributed by atoms with van der Waals surface area (Å²) in [5.41, 5.74) is 5.63. The third kappa shape index (κ3) is 11.5. The van der Waals surface area contributed by atoms with E-state index in [9.17, 15) is 14.4 Å². The summed E-state index contributed by atoms with van der Waals surface area (Å²) < 4.78 is 14.5. The number of carbonyl (C=O) groups excluding carboxylic acids is 4. The van der Waals surface area contributed by atoms with Gasteiger partial charge in [-0.3, -0.25) is 19.4 Å². The van der Waals surface area contributed by atoms with Crippen molar-refractivity contribution in [1.29, 1.82) is 0 Å². The van der Waals surface area contributed by atoms with Crippen LogP contribution in [0.5, 0.6) is 11.5 Å². The second-order valence-electron chi connectivity index (χ2n) is 14.2. The van der Waals surface area contributed by atoms with Crippen LogP contribution in [0, 0.1) is 0 Å². The number of carbonyl (C=O) groups is 4. The molecule has 3 heterocycles. The minimum absolute atomic E-state index is 0.0119. The molecule has 6 rings (SSSR count). The second-order valence-corrected chi connectivity index (χ2v) is 18.3. The highest BCUT2D eigenvalue weighted by atomic mass is 33.1. The molecule has 58 heavy (non-hydrogen) atoms. The van der Waals surface area contributed by atoms with Gasteiger partial charge in [0.05, 0.1) is 30.1 Å². The number of nitrogens with zero attached hydrogens (tertiary/aromatic N) is 2. The third-order valence-corrected chi connectivity index (χ3v) is 13.1. The quantitative estimate of drug-likeness (QED) is 0.0563. The van der Waals surface area contributed by atoms with E-state index in [-0.39, 0.29) is 34.9 Å². The van der Waals surface area contributed by atoms with E-state index in [2.05, 4.69) is 47.2 Å². The van der Waals surface area contributed by atoms with Gasteiger partial charge in [0.25, 0.3) is 5.91 Å². The molecule has 15 heteroatoms. The Kier molecular flexibility index (Phi) is 15.6. The van der Waals surface area contributed by atoms with Crippen molar-refractivity contribution in [2.24, 2.45) is 12.0 Å². The van der Waals surface area contributed by atoms with Gasteiger partial charge in [-0.1, -0.05) is 45.9 Å². The smallest absolute Gasteiger partial charge is 0.272 e. The molecule has 0 saturated heterocycles. The maximum absolute atomic E-state index is 13.3. The number of aliphatic imine (C=N–C) groups is 1. The fraction of sp³-hybridized carbons (Fsp3) is 0.326. The second kappa shape index (κ2) is 20.6. The fourth-order valence-electron chi connectivity index (χ4n) is 6.50. The maximum atomic E-state index is 13.3. The lowest BCUT2D eigenvalue weighted by molar-refractivity contribution is -0.117. The van der Waals surface area contributed by atoms with Crippen LogP contribution in [0.2, 0.25) is 0 Å². The van der Waals surface area contributed by atoms with Crippen LogP contribution in [0.15, 0.2) is 77.9 Å². The molecule has 0 bridgehead atoms. The Hall–Kier alpha value is -5.09. The average Bonchev–Trinajstić information content (AvgIpc) is 3.78. The molecule has 0 spiro atoms. The molecule has 5 aromatic rings. The first-order valence-electron chi connectivity index (χ1n) is 18.7. The maximum Gasteiger partial charge on any atom is 0.272 e. The van der Waals surface area contributed by atoms with E-state index in [1.807, 2.05) is 74.8 Å². The highest BCUT2D eigenvalue weighted by Gasteiger charge is 2.21. The number of nitrogens with one attached hydrogen (secondary N) is 4. The van der Waals surface area contributed by atoms with E-state index in [0.717, 1.165) is 44.7 Å². The molecule has 12 nitrogen and oxygen atoms in total. The van der Waals surface area contributed by atoms with Crippen molar-refractivity contribution in [1.82, 2.24) is 9.88 Å². The van der Waals surface area contributed by atoms with Crippen molar-refractivity contribution < 1.29 is 28.7 Å². The van der Waals surface area contributed by atoms with Crippen LogP contribution in [-0.4, -0.2) is 73.1 Å². The van der Waals surface area contributed by atoms with Gasteiger partial charge >= 0.3 is 0 Å². The summed E-state index contributed by atoms with van der Waals surface area (Å²) in [6.07, 6.45) is 8.41. The van der Waals surface area contributed by atoms with Crippen molar-refractivity contribution in [3.05, 3.63) is 84.2 Å². The number of likely N-dealkylation sites (N-methyl/N-ethyl adjacent to an activating group) is 1. The van der Waals surface area contributed by atoms with Gasteiger partial charge in [-0.2, -0.15) is 0 Å². The van der Waals surface area contributed by atoms with Crippen molar-refractivity contribution >= 4 is 95.8 Å². The summed E-state index contributed by atoms with van der Waals surface area (Å²) in [4.78, 5) is 51.6. The number of methoxy groups -OCH3 is 1. The Balaban J connectivity index is 0.00000315. The molecule has 306 valence electrons. The Bertz CT molecular complexity index is 2270. The van der Waals surface area contributed by atoms with Gasteiger partial charge in [0.2, 0.25) is 11.8 Å². The van der Waals surface area contributed by atoms with Gasteiger partial charge < -0.3 is 40.1 Å². The summed E-state index contributed by atoms with van der Waals surface area (Å²) in [7, 11) is 8.78. The standard InChI is InChI=1S/C42H48N6O5S3.CH2O/c1-42(2,56-54-6)16-15-39(50)47-40-20-27-19-28(13-14-37(27)55-40)46-41(51)34-21-30(25-48(34)4)45-38(49)12-9-17-53-36-23-33-32(22-35(36)52-5)31-11-8-7-10-26(31)18-29(43-3)24-44-33;1-2/h7-8,10-11,13-14,19-25,29,43H,9,12,15-18H2,1-6H3,(H,45,49)(H,46,51)(H,47,50);1H2. The van der Waals surface area contributed by atoms with E-state index < -0.39 is 0 Å². The number of amides is 3. The van der Waals surface area contributed by atoms with Crippen molar-refractivity contribution in [3.8, 4) is 22.6 Å². The van der Waals surface area contributed by atoms with Gasteiger partial charge in [-0.25, -0.2) is 0 Å². The van der Waals surface area contributed by atoms with Gasteiger partial charge in [-0.15, -0.1) is 11.3 Å². The lowest BCUT2D eigenvalue weighted by atomic mass is 9.93. The lowest BCUT2D eigenvalue weighted by Crippen LogP contribution is -2.29. The van der Waals surface area contributed by atoms with Crippen LogP contribution >= 0.6 is 32.9 Å². The van der Waals surface area contributed by atoms with E-state index in [1.165, 1.54) is 16.9 Å². The third-order valence-electron chi connectivity index (χ3n) is 9.42. The minimum Gasteiger partial charge on any atom is -0.493 e. The highest BCUT2D eigenvalue weighted by molar-refractivity contribution is 8.76. The molecule has 0 aliphatic carbocycles. The minimum atomic E-state index is -0.310. The molecule has 4 N–H and O–H groups in total. The SMILES string of the molecule is C=O.CNC1C=Nc2cc(OCCCC(=O)Nc3cc(C(=O)Nc4ccc5sc(NC(=O)CCC(C)(C)SSC)cc5c4)n(C)c3)c(OC)cc2-c2ccccc2C1. The molecule has 1 aliphatic rings. The molecule has 1 atom stereocenters. The molecule has 0 saturated carbocycles. The Morgan fingerprint density at radius 1 is 0.948 bits per heavy atom. The zero-order valence-electron chi connectivity index (χ0n) is 33.6. The van der Waals surface area contributed by atoms with Gasteiger partial charge in [0.1, 0.15) is 12.5 Å². The first kappa shape index (κ1) is 44.0. The highest BCUT2D eigenvalue weighted by Crippen LogP contribution is 2.43. The van der Waals surface area contributed by atoms with E-state index in [0.29, 0.717) is 48.0 Å². The molecule has 1 unspecified atom stereocenters. The largest absolute Gasteiger partial charge is 0.493 e. The zero-order chi connectivity index (χ0) is 41.8. The number of aryl methyl sites for hydroxylation is 1. The number of benzene rings is 3. The van der Waals surface area contributed by atoms with Crippen LogP contribution in [0.25, 0.3) is 21.2 Å². The predicted octanol–water partition coefficient (Wildman–Crippen LogP) is 9.14. The molecular formula is C43H50N6O6S3. The van der Waals surface area contributed by atoms with Crippen LogP contribution in [-0.2, 0) is 27.9 Å². The topological polar surface area (TPSA) is 152 Å². The summed E-state index contributed by atoms with van der Waals surface area (Å²) in [5, 5.41) is 13.9. The number of anilines is 3. The normalized spacial score (nSPS) is 13.2. The number of hydrogen-bond donors (Lipinski definition) is 4. The summed E-state index contributed by atoms with van der Waals surface area (Å²) in [5.74, 6) is 0.642. The number of rotatable bonds is 16. The Morgan fingerprint density at radius 3 is 2.48 bits per heavy atom.